The van der Waals surface area contributed by atoms with Crippen LogP contribution in [0.25, 0.3) is 0 Å². The van der Waals surface area contributed by atoms with E-state index in [1.165, 1.54) is 18.4 Å². The van der Waals surface area contributed by atoms with E-state index in [1.807, 2.05) is 12.1 Å². The van der Waals surface area contributed by atoms with Crippen molar-refractivity contribution in [3.05, 3.63) is 35.6 Å². The van der Waals surface area contributed by atoms with Crippen molar-refractivity contribution in [3.8, 4) is 0 Å². The van der Waals surface area contributed by atoms with Crippen molar-refractivity contribution < 1.29 is 9.50 Å². The van der Waals surface area contributed by atoms with Crippen molar-refractivity contribution in [3.63, 3.8) is 0 Å². The number of aliphatic hydroxyl groups is 1. The highest BCUT2D eigenvalue weighted by molar-refractivity contribution is 5.20. The van der Waals surface area contributed by atoms with Gasteiger partial charge in [-0.15, -0.1) is 0 Å². The lowest BCUT2D eigenvalue weighted by atomic mass is 9.90. The molecule has 0 amide bonds. The number of hydrogen-bond acceptors (Lipinski definition) is 2. The number of aliphatic hydroxyl groups excluding tert-OH is 1. The predicted molar refractivity (Wildman–Crippen MR) is 64.0 cm³/mol. The molecule has 2 nitrogen and oxygen atoms in total. The Morgan fingerprint density at radius 2 is 1.62 bits per heavy atom. The molecule has 1 aliphatic heterocycles. The molecule has 0 aliphatic carbocycles. The Kier molecular flexibility index (Phi) is 5.43. The van der Waals surface area contributed by atoms with Crippen LogP contribution in [0.5, 0.6) is 0 Å². The number of piperidine rings is 1. The SMILES string of the molecule is CN1CCC(c2ccc(F)cc2)CC1.CO. The van der Waals surface area contributed by atoms with Crippen molar-refractivity contribution in [1.82, 2.24) is 4.90 Å². The monoisotopic (exact) mass is 225 g/mol. The highest BCUT2D eigenvalue weighted by Gasteiger charge is 2.17. The van der Waals surface area contributed by atoms with Crippen molar-refractivity contribution in [1.29, 1.82) is 0 Å². The van der Waals surface area contributed by atoms with Crippen molar-refractivity contribution in [2.45, 2.75) is 18.8 Å². The average Bonchev–Trinajstić information content (AvgIpc) is 2.34. The van der Waals surface area contributed by atoms with Crippen LogP contribution < -0.4 is 0 Å². The minimum Gasteiger partial charge on any atom is -0.400 e. The van der Waals surface area contributed by atoms with Gasteiger partial charge in [-0.1, -0.05) is 12.1 Å². The zero-order valence-electron chi connectivity index (χ0n) is 9.99. The molecule has 2 rings (SSSR count). The zero-order valence-corrected chi connectivity index (χ0v) is 9.99. The van der Waals surface area contributed by atoms with E-state index in [-0.39, 0.29) is 5.82 Å². The normalized spacial score (nSPS) is 17.8. The van der Waals surface area contributed by atoms with Gasteiger partial charge in [0.05, 0.1) is 0 Å². The topological polar surface area (TPSA) is 23.5 Å². The van der Waals surface area contributed by atoms with Crippen LogP contribution in [-0.4, -0.2) is 37.3 Å². The minimum absolute atomic E-state index is 0.137. The molecule has 1 fully saturated rings. The number of hydrogen-bond donors (Lipinski definition) is 1. The largest absolute Gasteiger partial charge is 0.400 e. The van der Waals surface area contributed by atoms with E-state index >= 15 is 0 Å². The Morgan fingerprint density at radius 1 is 1.12 bits per heavy atom. The lowest BCUT2D eigenvalue weighted by molar-refractivity contribution is 0.255. The van der Waals surface area contributed by atoms with E-state index in [9.17, 15) is 4.39 Å². The summed E-state index contributed by atoms with van der Waals surface area (Å²) >= 11 is 0. The summed E-state index contributed by atoms with van der Waals surface area (Å²) in [7, 11) is 3.15. The number of rotatable bonds is 1. The molecule has 0 aromatic heterocycles. The molecule has 0 spiro atoms. The second-order valence-corrected chi connectivity index (χ2v) is 4.13. The molecule has 16 heavy (non-hydrogen) atoms. The molecule has 0 radical (unpaired) electrons. The maximum atomic E-state index is 12.7. The van der Waals surface area contributed by atoms with Gasteiger partial charge in [-0.05, 0) is 56.6 Å². The number of halogens is 1. The molecule has 1 N–H and O–H groups in total. The van der Waals surface area contributed by atoms with Gasteiger partial charge in [0.15, 0.2) is 0 Å². The van der Waals surface area contributed by atoms with E-state index in [4.69, 9.17) is 5.11 Å². The third-order valence-corrected chi connectivity index (χ3v) is 3.06. The fourth-order valence-electron chi connectivity index (χ4n) is 2.08. The van der Waals surface area contributed by atoms with Gasteiger partial charge in [-0.25, -0.2) is 4.39 Å². The van der Waals surface area contributed by atoms with Gasteiger partial charge >= 0.3 is 0 Å². The molecule has 90 valence electrons. The summed E-state index contributed by atoms with van der Waals surface area (Å²) < 4.78 is 12.7. The first kappa shape index (κ1) is 13.1. The van der Waals surface area contributed by atoms with Gasteiger partial charge in [0, 0.05) is 7.11 Å². The molecule has 1 aromatic rings. The third kappa shape index (κ3) is 3.58. The van der Waals surface area contributed by atoms with Gasteiger partial charge < -0.3 is 10.0 Å². The van der Waals surface area contributed by atoms with E-state index in [1.54, 1.807) is 12.1 Å². The van der Waals surface area contributed by atoms with Crippen LogP contribution in [-0.2, 0) is 0 Å². The van der Waals surface area contributed by atoms with E-state index in [0.717, 1.165) is 20.2 Å². The number of likely N-dealkylation sites (tertiary alicyclic amines) is 1. The molecule has 0 bridgehead atoms. The highest BCUT2D eigenvalue weighted by Crippen LogP contribution is 2.27. The smallest absolute Gasteiger partial charge is 0.123 e. The van der Waals surface area contributed by atoms with Crippen LogP contribution in [0.1, 0.15) is 24.3 Å². The quantitative estimate of drug-likeness (QED) is 0.792. The summed E-state index contributed by atoms with van der Waals surface area (Å²) in [6.45, 7) is 2.31. The first-order valence-corrected chi connectivity index (χ1v) is 5.64. The Balaban J connectivity index is 0.000000606. The molecule has 1 aliphatic rings. The van der Waals surface area contributed by atoms with E-state index < -0.39 is 0 Å². The molecule has 1 heterocycles. The Morgan fingerprint density at radius 3 is 2.12 bits per heavy atom. The average molecular weight is 225 g/mol. The Hall–Kier alpha value is -0.930. The van der Waals surface area contributed by atoms with Crippen molar-refractivity contribution >= 4 is 0 Å². The first-order valence-electron chi connectivity index (χ1n) is 5.64. The summed E-state index contributed by atoms with van der Waals surface area (Å²) in [6.07, 6.45) is 2.39. The lowest BCUT2D eigenvalue weighted by Crippen LogP contribution is -2.29. The van der Waals surface area contributed by atoms with Crippen LogP contribution >= 0.6 is 0 Å². The van der Waals surface area contributed by atoms with Crippen molar-refractivity contribution in [2.75, 3.05) is 27.2 Å². The fraction of sp³-hybridized carbons (Fsp3) is 0.538. The van der Waals surface area contributed by atoms with Gasteiger partial charge in [-0.2, -0.15) is 0 Å². The molecule has 0 atom stereocenters. The van der Waals surface area contributed by atoms with Crippen LogP contribution in [0.15, 0.2) is 24.3 Å². The molecular weight excluding hydrogens is 205 g/mol. The second-order valence-electron chi connectivity index (χ2n) is 4.13. The van der Waals surface area contributed by atoms with E-state index in [0.29, 0.717) is 5.92 Å². The third-order valence-electron chi connectivity index (χ3n) is 3.06. The number of benzene rings is 1. The van der Waals surface area contributed by atoms with E-state index in [2.05, 4.69) is 11.9 Å². The van der Waals surface area contributed by atoms with Gasteiger partial charge in [0.2, 0.25) is 0 Å². The molecule has 3 heteroatoms. The van der Waals surface area contributed by atoms with Crippen LogP contribution in [0, 0.1) is 5.82 Å². The molecular formula is C13H20FNO. The van der Waals surface area contributed by atoms with Gasteiger partial charge in [-0.3, -0.25) is 0 Å². The Labute approximate surface area is 96.7 Å². The molecule has 1 aromatic carbocycles. The predicted octanol–water partition coefficient (Wildman–Crippen LogP) is 2.24. The standard InChI is InChI=1S/C12H16FN.CH4O/c1-14-8-6-11(7-9-14)10-2-4-12(13)5-3-10;1-2/h2-5,11H,6-9H2,1H3;2H,1H3. The van der Waals surface area contributed by atoms with Gasteiger partial charge in [0.25, 0.3) is 0 Å². The number of nitrogens with zero attached hydrogens (tertiary/aromatic N) is 1. The highest BCUT2D eigenvalue weighted by atomic mass is 19.1. The minimum atomic E-state index is -0.137. The van der Waals surface area contributed by atoms with Gasteiger partial charge in [0.1, 0.15) is 5.82 Å². The van der Waals surface area contributed by atoms with Crippen LogP contribution in [0.3, 0.4) is 0 Å². The fourth-order valence-corrected chi connectivity index (χ4v) is 2.08. The Bertz CT molecular complexity index is 291. The first-order chi connectivity index (χ1) is 7.75. The lowest BCUT2D eigenvalue weighted by Gasteiger charge is -2.29. The summed E-state index contributed by atoms with van der Waals surface area (Å²) in [6, 6.07) is 6.97. The maximum absolute atomic E-state index is 12.7. The summed E-state index contributed by atoms with van der Waals surface area (Å²) in [5.74, 6) is 0.494. The summed E-state index contributed by atoms with van der Waals surface area (Å²) in [4.78, 5) is 2.35. The zero-order chi connectivity index (χ0) is 12.0. The summed E-state index contributed by atoms with van der Waals surface area (Å²) in [5.41, 5.74) is 1.29. The van der Waals surface area contributed by atoms with Crippen LogP contribution in [0.4, 0.5) is 4.39 Å². The van der Waals surface area contributed by atoms with Crippen LogP contribution in [0.2, 0.25) is 0 Å². The summed E-state index contributed by atoms with van der Waals surface area (Å²) in [5, 5.41) is 7.00. The van der Waals surface area contributed by atoms with Crippen molar-refractivity contribution in [2.24, 2.45) is 0 Å². The molecule has 1 saturated heterocycles. The maximum Gasteiger partial charge on any atom is 0.123 e. The molecule has 0 unspecified atom stereocenters. The second kappa shape index (κ2) is 6.61. The molecule has 0 saturated carbocycles.